The number of rotatable bonds is 13. The molecule has 4 N–H and O–H groups in total. The molecule has 0 saturated carbocycles. The van der Waals surface area contributed by atoms with Crippen molar-refractivity contribution in [3.63, 3.8) is 0 Å². The first-order valence-electron chi connectivity index (χ1n) is 12.4. The fraction of sp³-hybridized carbons (Fsp3) is 0.560. The van der Waals surface area contributed by atoms with E-state index >= 15 is 0 Å². The van der Waals surface area contributed by atoms with Gasteiger partial charge in [0.15, 0.2) is 11.3 Å². The second-order valence-corrected chi connectivity index (χ2v) is 8.97. The Morgan fingerprint density at radius 3 is 2.91 bits per heavy atom. The minimum Gasteiger partial charge on any atom is -0.496 e. The van der Waals surface area contributed by atoms with E-state index in [4.69, 9.17) is 20.3 Å². The number of hydrogen-bond donors (Lipinski definition) is 3. The van der Waals surface area contributed by atoms with Crippen molar-refractivity contribution in [3.8, 4) is 5.75 Å². The van der Waals surface area contributed by atoms with Gasteiger partial charge in [0.05, 0.1) is 33.1 Å². The van der Waals surface area contributed by atoms with Gasteiger partial charge in [-0.15, -0.1) is 0 Å². The summed E-state index contributed by atoms with van der Waals surface area (Å²) >= 11 is 0. The maximum absolute atomic E-state index is 9.61. The zero-order chi connectivity index (χ0) is 24.6. The first-order chi connectivity index (χ1) is 17.1. The number of anilines is 2. The Hall–Kier alpha value is -2.95. The summed E-state index contributed by atoms with van der Waals surface area (Å²) in [7, 11) is 1.69. The minimum atomic E-state index is 0.0322. The number of unbranched alkanes of at least 4 members (excludes halogenated alkanes) is 2. The molecule has 3 aromatic rings. The van der Waals surface area contributed by atoms with Crippen molar-refractivity contribution in [2.24, 2.45) is 0 Å². The Labute approximate surface area is 206 Å². The zero-order valence-corrected chi connectivity index (χ0v) is 20.7. The highest BCUT2D eigenvalue weighted by Gasteiger charge is 2.18. The molecule has 1 aromatic carbocycles. The predicted molar refractivity (Wildman–Crippen MR) is 137 cm³/mol. The van der Waals surface area contributed by atoms with E-state index in [9.17, 15) is 5.11 Å². The van der Waals surface area contributed by atoms with Crippen LogP contribution in [0.4, 0.5) is 11.8 Å². The molecule has 0 bridgehead atoms. The number of benzene rings is 1. The van der Waals surface area contributed by atoms with Gasteiger partial charge in [-0.1, -0.05) is 31.9 Å². The van der Waals surface area contributed by atoms with Gasteiger partial charge < -0.3 is 30.5 Å². The summed E-state index contributed by atoms with van der Waals surface area (Å²) in [5.41, 5.74) is 9.58. The van der Waals surface area contributed by atoms with Crippen molar-refractivity contribution in [1.82, 2.24) is 25.1 Å². The highest BCUT2D eigenvalue weighted by Crippen LogP contribution is 2.26. The highest BCUT2D eigenvalue weighted by molar-refractivity contribution is 5.86. The molecule has 0 aliphatic carbocycles. The summed E-state index contributed by atoms with van der Waals surface area (Å²) in [5, 5.41) is 17.9. The van der Waals surface area contributed by atoms with Crippen molar-refractivity contribution in [1.29, 1.82) is 0 Å². The van der Waals surface area contributed by atoms with Crippen LogP contribution in [0.25, 0.3) is 11.0 Å². The number of nitrogens with one attached hydrogen (secondary N) is 1. The number of aliphatic hydroxyl groups is 1. The van der Waals surface area contributed by atoms with Crippen LogP contribution < -0.4 is 20.7 Å². The number of methoxy groups -OCH3 is 1. The predicted octanol–water partition coefficient (Wildman–Crippen LogP) is 2.33. The van der Waals surface area contributed by atoms with Crippen LogP contribution in [0, 0.1) is 0 Å². The number of nitrogens with zero attached hydrogens (tertiary/aromatic N) is 5. The molecule has 10 nitrogen and oxygen atoms in total. The lowest BCUT2D eigenvalue weighted by atomic mass is 10.1. The Bertz CT molecular complexity index is 1100. The van der Waals surface area contributed by atoms with Crippen LogP contribution in [0.2, 0.25) is 0 Å². The van der Waals surface area contributed by atoms with Crippen molar-refractivity contribution in [2.75, 3.05) is 50.7 Å². The van der Waals surface area contributed by atoms with Crippen molar-refractivity contribution in [3.05, 3.63) is 35.5 Å². The van der Waals surface area contributed by atoms with Gasteiger partial charge in [0.1, 0.15) is 11.3 Å². The molecular formula is C25H37N7O3. The number of aromatic nitrogens is 4. The van der Waals surface area contributed by atoms with Crippen LogP contribution in [-0.4, -0.2) is 70.9 Å². The van der Waals surface area contributed by atoms with E-state index in [1.165, 1.54) is 0 Å². The Balaban J connectivity index is 1.54. The second-order valence-electron chi connectivity index (χ2n) is 8.97. The number of ether oxygens (including phenoxy) is 2. The molecule has 35 heavy (non-hydrogen) atoms. The summed E-state index contributed by atoms with van der Waals surface area (Å²) < 4.78 is 13.0. The van der Waals surface area contributed by atoms with Crippen LogP contribution in [0.1, 0.15) is 43.7 Å². The van der Waals surface area contributed by atoms with Crippen molar-refractivity contribution in [2.45, 2.75) is 51.7 Å². The maximum atomic E-state index is 9.61. The fourth-order valence-corrected chi connectivity index (χ4v) is 4.42. The van der Waals surface area contributed by atoms with E-state index in [2.05, 4.69) is 40.4 Å². The summed E-state index contributed by atoms with van der Waals surface area (Å²) in [6.45, 7) is 6.34. The fourth-order valence-electron chi connectivity index (χ4n) is 4.42. The van der Waals surface area contributed by atoms with Gasteiger partial charge in [-0.3, -0.25) is 4.68 Å². The average molecular weight is 484 g/mol. The average Bonchev–Trinajstić information content (AvgIpc) is 3.52. The molecule has 0 spiro atoms. The minimum absolute atomic E-state index is 0.0322. The molecule has 0 radical (unpaired) electrons. The normalized spacial score (nSPS) is 15.7. The largest absolute Gasteiger partial charge is 0.496 e. The van der Waals surface area contributed by atoms with E-state index in [0.29, 0.717) is 36.0 Å². The van der Waals surface area contributed by atoms with Gasteiger partial charge in [0.2, 0.25) is 5.95 Å². The number of nitrogen functional groups attached to an aromatic ring is 1. The Kier molecular flexibility index (Phi) is 8.73. The van der Waals surface area contributed by atoms with Crippen molar-refractivity contribution >= 4 is 22.8 Å². The molecule has 1 saturated heterocycles. The summed E-state index contributed by atoms with van der Waals surface area (Å²) in [6, 6.07) is 6.68. The number of nitrogens with two attached hydrogens (primary N) is 1. The van der Waals surface area contributed by atoms with Crippen LogP contribution in [-0.2, 0) is 17.8 Å². The topological polar surface area (TPSA) is 124 Å². The lowest BCUT2D eigenvalue weighted by molar-refractivity contribution is 0.190. The van der Waals surface area contributed by atoms with E-state index in [-0.39, 0.29) is 12.6 Å². The zero-order valence-electron chi connectivity index (χ0n) is 20.7. The first kappa shape index (κ1) is 25.2. The van der Waals surface area contributed by atoms with Crippen LogP contribution in [0.5, 0.6) is 5.75 Å². The lowest BCUT2D eigenvalue weighted by Crippen LogP contribution is -2.29. The molecule has 0 amide bonds. The quantitative estimate of drug-likeness (QED) is 0.314. The molecule has 190 valence electrons. The van der Waals surface area contributed by atoms with Gasteiger partial charge in [0, 0.05) is 37.8 Å². The monoisotopic (exact) mass is 483 g/mol. The molecule has 4 rings (SSSR count). The number of hydrogen-bond acceptors (Lipinski definition) is 9. The highest BCUT2D eigenvalue weighted by atomic mass is 16.5. The Morgan fingerprint density at radius 2 is 2.17 bits per heavy atom. The molecule has 1 atom stereocenters. The third-order valence-electron chi connectivity index (χ3n) is 6.32. The van der Waals surface area contributed by atoms with Gasteiger partial charge in [-0.05, 0) is 24.5 Å². The van der Waals surface area contributed by atoms with Gasteiger partial charge in [-0.2, -0.15) is 10.1 Å². The van der Waals surface area contributed by atoms with E-state index < -0.39 is 0 Å². The third kappa shape index (κ3) is 6.39. The molecule has 1 fully saturated rings. The van der Waals surface area contributed by atoms with E-state index in [1.807, 2.05) is 15.8 Å². The van der Waals surface area contributed by atoms with E-state index in [1.54, 1.807) is 7.11 Å². The summed E-state index contributed by atoms with van der Waals surface area (Å²) in [4.78, 5) is 10.9. The molecule has 0 unspecified atom stereocenters. The first-order valence-corrected chi connectivity index (χ1v) is 12.4. The number of aliphatic hydroxyl groups excluding tert-OH is 1. The summed E-state index contributed by atoms with van der Waals surface area (Å²) in [5.74, 6) is 1.69. The third-order valence-corrected chi connectivity index (χ3v) is 6.32. The van der Waals surface area contributed by atoms with Crippen LogP contribution >= 0.6 is 0 Å². The maximum Gasteiger partial charge on any atom is 0.222 e. The molecule has 1 aliphatic heterocycles. The van der Waals surface area contributed by atoms with Gasteiger partial charge in [0.25, 0.3) is 0 Å². The van der Waals surface area contributed by atoms with E-state index in [0.717, 1.165) is 68.9 Å². The SMILES string of the molecule is CCCCCN(CCO)c1nc(N)nc2cn(Cc3ccc(CN[C@@H]4CCOC4)cc3OC)nc12. The summed E-state index contributed by atoms with van der Waals surface area (Å²) in [6.07, 6.45) is 6.17. The smallest absolute Gasteiger partial charge is 0.222 e. The standard InChI is InChI=1S/C25H37N7O3/c1-3-4-5-9-31(10-11-33)24-23-21(28-25(26)29-24)16-32(30-23)15-19-7-6-18(13-22(19)34-2)14-27-20-8-12-35-17-20/h6-7,13,16,20,27,33H,3-5,8-12,14-15,17H2,1-2H3,(H2,26,28)/t20-/m1/s1. The van der Waals surface area contributed by atoms with Crippen molar-refractivity contribution < 1.29 is 14.6 Å². The van der Waals surface area contributed by atoms with Gasteiger partial charge >= 0.3 is 0 Å². The molecular weight excluding hydrogens is 446 g/mol. The number of fused-ring (bicyclic) bond motifs is 1. The second kappa shape index (κ2) is 12.1. The van der Waals surface area contributed by atoms with Crippen LogP contribution in [0.3, 0.4) is 0 Å². The molecule has 1 aliphatic rings. The molecule has 3 heterocycles. The Morgan fingerprint density at radius 1 is 1.29 bits per heavy atom. The molecule has 10 heteroatoms. The van der Waals surface area contributed by atoms with Gasteiger partial charge in [-0.25, -0.2) is 4.98 Å². The van der Waals surface area contributed by atoms with Crippen LogP contribution in [0.15, 0.2) is 24.4 Å². The molecule has 2 aromatic heterocycles. The lowest BCUT2D eigenvalue weighted by Gasteiger charge is -2.23.